The maximum Gasteiger partial charge on any atom is 0.245 e. The zero-order valence-electron chi connectivity index (χ0n) is 16.7. The predicted molar refractivity (Wildman–Crippen MR) is 111 cm³/mol. The number of aromatic nitrogens is 2. The van der Waals surface area contributed by atoms with Crippen LogP contribution in [0.4, 0.5) is 0 Å². The summed E-state index contributed by atoms with van der Waals surface area (Å²) in [5.74, 6) is 0.831. The van der Waals surface area contributed by atoms with Crippen LogP contribution in [0.2, 0.25) is 0 Å². The van der Waals surface area contributed by atoms with Crippen molar-refractivity contribution in [1.82, 2.24) is 14.4 Å². The molecule has 29 heavy (non-hydrogen) atoms. The van der Waals surface area contributed by atoms with Crippen LogP contribution in [0.3, 0.4) is 0 Å². The molecule has 0 amide bonds. The van der Waals surface area contributed by atoms with Gasteiger partial charge in [0.25, 0.3) is 0 Å². The van der Waals surface area contributed by atoms with Crippen LogP contribution in [0.15, 0.2) is 57.9 Å². The van der Waals surface area contributed by atoms with E-state index in [2.05, 4.69) is 17.1 Å². The molecule has 1 aromatic heterocycles. The van der Waals surface area contributed by atoms with Gasteiger partial charge in [0.15, 0.2) is 0 Å². The van der Waals surface area contributed by atoms with Gasteiger partial charge in [0.05, 0.1) is 4.90 Å². The summed E-state index contributed by atoms with van der Waals surface area (Å²) in [6.45, 7) is 4.57. The van der Waals surface area contributed by atoms with Gasteiger partial charge in [-0.2, -0.15) is 9.29 Å². The van der Waals surface area contributed by atoms with E-state index >= 15 is 0 Å². The molecule has 0 saturated carbocycles. The first-order valence-electron chi connectivity index (χ1n) is 10.0. The van der Waals surface area contributed by atoms with Crippen molar-refractivity contribution in [2.75, 3.05) is 6.54 Å². The van der Waals surface area contributed by atoms with Crippen molar-refractivity contribution in [2.45, 2.75) is 50.5 Å². The minimum Gasteiger partial charge on any atom is -0.337 e. The molecule has 7 heteroatoms. The molecule has 1 aliphatic heterocycles. The van der Waals surface area contributed by atoms with E-state index in [0.29, 0.717) is 29.6 Å². The lowest BCUT2D eigenvalue weighted by Gasteiger charge is -2.21. The molecule has 0 N–H and O–H groups in total. The summed E-state index contributed by atoms with van der Waals surface area (Å²) in [4.78, 5) is 4.81. The molecule has 1 saturated heterocycles. The standard InChI is InChI=1S/C22H25N3O3S/c1-3-5-17-9-13-19(14-10-17)29(26,27)25-15-4-6-20(25)22-23-21(24-28-22)18-11-7-16(2)8-12-18/h7-14,20H,3-6,15H2,1-2H3/t20-/m1/s1. The number of hydrogen-bond donors (Lipinski definition) is 0. The molecular formula is C22H25N3O3S. The van der Waals surface area contributed by atoms with Crippen molar-refractivity contribution in [3.05, 3.63) is 65.5 Å². The highest BCUT2D eigenvalue weighted by Crippen LogP contribution is 2.36. The Kier molecular flexibility index (Phi) is 5.52. The van der Waals surface area contributed by atoms with Gasteiger partial charge in [0.2, 0.25) is 21.7 Å². The van der Waals surface area contributed by atoms with Crippen molar-refractivity contribution >= 4 is 10.0 Å². The molecule has 152 valence electrons. The third kappa shape index (κ3) is 3.97. The highest BCUT2D eigenvalue weighted by molar-refractivity contribution is 7.89. The Labute approximate surface area is 171 Å². The minimum atomic E-state index is -3.62. The first-order chi connectivity index (χ1) is 14.0. The molecule has 0 aliphatic carbocycles. The van der Waals surface area contributed by atoms with Crippen LogP contribution >= 0.6 is 0 Å². The SMILES string of the molecule is CCCc1ccc(S(=O)(=O)N2CCC[C@@H]2c2nc(-c3ccc(C)cc3)no2)cc1. The molecule has 3 aromatic rings. The Morgan fingerprint density at radius 2 is 1.83 bits per heavy atom. The molecular weight excluding hydrogens is 386 g/mol. The minimum absolute atomic E-state index is 0.308. The average Bonchev–Trinajstić information content (AvgIpc) is 3.39. The Hall–Kier alpha value is -2.51. The van der Waals surface area contributed by atoms with Crippen molar-refractivity contribution in [1.29, 1.82) is 0 Å². The molecule has 6 nitrogen and oxygen atoms in total. The van der Waals surface area contributed by atoms with Crippen LogP contribution in [0.25, 0.3) is 11.4 Å². The number of sulfonamides is 1. The van der Waals surface area contributed by atoms with Crippen LogP contribution in [-0.2, 0) is 16.4 Å². The van der Waals surface area contributed by atoms with Crippen molar-refractivity contribution < 1.29 is 12.9 Å². The summed E-state index contributed by atoms with van der Waals surface area (Å²) in [5.41, 5.74) is 3.14. The van der Waals surface area contributed by atoms with E-state index in [9.17, 15) is 8.42 Å². The highest BCUT2D eigenvalue weighted by atomic mass is 32.2. The Morgan fingerprint density at radius 1 is 1.10 bits per heavy atom. The lowest BCUT2D eigenvalue weighted by Crippen LogP contribution is -2.30. The molecule has 2 heterocycles. The number of aryl methyl sites for hydroxylation is 2. The van der Waals surface area contributed by atoms with Crippen LogP contribution in [0.1, 0.15) is 49.2 Å². The van der Waals surface area contributed by atoms with E-state index in [-0.39, 0.29) is 0 Å². The van der Waals surface area contributed by atoms with E-state index in [4.69, 9.17) is 4.52 Å². The first-order valence-corrected chi connectivity index (χ1v) is 11.4. The van der Waals surface area contributed by atoms with Gasteiger partial charge in [-0.3, -0.25) is 0 Å². The molecule has 4 rings (SSSR count). The fourth-order valence-electron chi connectivity index (χ4n) is 3.72. The molecule has 2 aromatic carbocycles. The van der Waals surface area contributed by atoms with Crippen LogP contribution in [0, 0.1) is 6.92 Å². The Balaban J connectivity index is 1.59. The summed E-state index contributed by atoms with van der Waals surface area (Å²) in [7, 11) is -3.62. The van der Waals surface area contributed by atoms with Gasteiger partial charge in [-0.25, -0.2) is 8.42 Å². The lowest BCUT2D eigenvalue weighted by molar-refractivity contribution is 0.290. The quantitative estimate of drug-likeness (QED) is 0.596. The lowest BCUT2D eigenvalue weighted by atomic mass is 10.1. The normalized spacial score (nSPS) is 17.7. The van der Waals surface area contributed by atoms with E-state index in [1.54, 1.807) is 12.1 Å². The summed E-state index contributed by atoms with van der Waals surface area (Å²) >= 11 is 0. The Bertz CT molecular complexity index is 1070. The molecule has 0 radical (unpaired) electrons. The van der Waals surface area contributed by atoms with Crippen molar-refractivity contribution in [2.24, 2.45) is 0 Å². The van der Waals surface area contributed by atoms with Gasteiger partial charge in [-0.05, 0) is 43.9 Å². The van der Waals surface area contributed by atoms with Crippen molar-refractivity contribution in [3.8, 4) is 11.4 Å². The van der Waals surface area contributed by atoms with Crippen LogP contribution < -0.4 is 0 Å². The zero-order chi connectivity index (χ0) is 20.4. The third-order valence-electron chi connectivity index (χ3n) is 5.31. The molecule has 0 bridgehead atoms. The summed E-state index contributed by atoms with van der Waals surface area (Å²) < 4.78 is 33.4. The van der Waals surface area contributed by atoms with Gasteiger partial charge >= 0.3 is 0 Å². The van der Waals surface area contributed by atoms with Crippen LogP contribution in [-0.4, -0.2) is 29.4 Å². The average molecular weight is 412 g/mol. The largest absolute Gasteiger partial charge is 0.337 e. The van der Waals surface area contributed by atoms with Gasteiger partial charge in [-0.15, -0.1) is 0 Å². The summed E-state index contributed by atoms with van der Waals surface area (Å²) in [6, 6.07) is 14.6. The summed E-state index contributed by atoms with van der Waals surface area (Å²) in [5, 5.41) is 4.07. The highest BCUT2D eigenvalue weighted by Gasteiger charge is 2.39. The number of hydrogen-bond acceptors (Lipinski definition) is 5. The maximum absolute atomic E-state index is 13.2. The van der Waals surface area contributed by atoms with Gasteiger partial charge < -0.3 is 4.52 Å². The second kappa shape index (κ2) is 8.08. The number of benzene rings is 2. The monoisotopic (exact) mass is 411 g/mol. The summed E-state index contributed by atoms with van der Waals surface area (Å²) in [6.07, 6.45) is 3.40. The zero-order valence-corrected chi connectivity index (χ0v) is 17.5. The van der Waals surface area contributed by atoms with E-state index < -0.39 is 16.1 Å². The smallest absolute Gasteiger partial charge is 0.245 e. The van der Waals surface area contributed by atoms with E-state index in [1.807, 2.05) is 43.3 Å². The molecule has 1 atom stereocenters. The number of nitrogens with zero attached hydrogens (tertiary/aromatic N) is 3. The fourth-order valence-corrected chi connectivity index (χ4v) is 5.37. The third-order valence-corrected chi connectivity index (χ3v) is 7.23. The van der Waals surface area contributed by atoms with Gasteiger partial charge in [0, 0.05) is 12.1 Å². The predicted octanol–water partition coefficient (Wildman–Crippen LogP) is 4.52. The maximum atomic E-state index is 13.2. The van der Waals surface area contributed by atoms with Crippen LogP contribution in [0.5, 0.6) is 0 Å². The molecule has 1 fully saturated rings. The fraction of sp³-hybridized carbons (Fsp3) is 0.364. The molecule has 0 spiro atoms. The second-order valence-electron chi connectivity index (χ2n) is 7.49. The van der Waals surface area contributed by atoms with Gasteiger partial charge in [-0.1, -0.05) is 60.5 Å². The van der Waals surface area contributed by atoms with E-state index in [0.717, 1.165) is 36.0 Å². The van der Waals surface area contributed by atoms with E-state index in [1.165, 1.54) is 4.31 Å². The Morgan fingerprint density at radius 3 is 2.52 bits per heavy atom. The number of rotatable bonds is 6. The second-order valence-corrected chi connectivity index (χ2v) is 9.38. The first kappa shape index (κ1) is 19.8. The van der Waals surface area contributed by atoms with Gasteiger partial charge in [0.1, 0.15) is 6.04 Å². The topological polar surface area (TPSA) is 76.3 Å². The molecule has 1 aliphatic rings. The molecule has 0 unspecified atom stereocenters. The van der Waals surface area contributed by atoms with Crippen molar-refractivity contribution in [3.63, 3.8) is 0 Å².